The van der Waals surface area contributed by atoms with E-state index in [0.29, 0.717) is 0 Å². The highest BCUT2D eigenvalue weighted by molar-refractivity contribution is 5.59. The maximum Gasteiger partial charge on any atom is 0.204 e. The predicted molar refractivity (Wildman–Crippen MR) is 38.1 cm³/mol. The fraction of sp³-hybridized carbons (Fsp3) is 0. The summed E-state index contributed by atoms with van der Waals surface area (Å²) >= 11 is 0. The molecule has 1 rings (SSSR count). The van der Waals surface area contributed by atoms with Gasteiger partial charge in [0.05, 0.1) is 6.26 Å². The zero-order valence-electron chi connectivity index (χ0n) is 5.98. The van der Waals surface area contributed by atoms with Gasteiger partial charge in [0.2, 0.25) is 5.83 Å². The van der Waals surface area contributed by atoms with Gasteiger partial charge in [-0.25, -0.2) is 8.78 Å². The van der Waals surface area contributed by atoms with E-state index in [1.54, 1.807) is 0 Å². The number of hydrogen-bond donors (Lipinski definition) is 0. The van der Waals surface area contributed by atoms with Crippen molar-refractivity contribution in [1.82, 2.24) is 0 Å². The van der Waals surface area contributed by atoms with Gasteiger partial charge in [-0.15, -0.1) is 0 Å². The molecule has 0 N–H and O–H groups in total. The van der Waals surface area contributed by atoms with Gasteiger partial charge in [-0.3, -0.25) is 0 Å². The maximum atomic E-state index is 12.7. The summed E-state index contributed by atoms with van der Waals surface area (Å²) in [4.78, 5) is 0. The van der Waals surface area contributed by atoms with Crippen molar-refractivity contribution in [2.24, 2.45) is 0 Å². The Morgan fingerprint density at radius 3 is 2.42 bits per heavy atom. The molecule has 0 atom stereocenters. The second kappa shape index (κ2) is 3.30. The molecule has 0 radical (unpaired) electrons. The molecule has 0 aromatic carbocycles. The summed E-state index contributed by atoms with van der Waals surface area (Å²) < 4.78 is 41.7. The van der Waals surface area contributed by atoms with E-state index in [1.807, 2.05) is 0 Å². The summed E-state index contributed by atoms with van der Waals surface area (Å²) in [5.41, 5.74) is 0. The molecule has 1 nitrogen and oxygen atoms in total. The van der Waals surface area contributed by atoms with E-state index in [2.05, 4.69) is 11.0 Å². The highest BCUT2D eigenvalue weighted by atomic mass is 19.2. The van der Waals surface area contributed by atoms with Crippen LogP contribution in [0, 0.1) is 0 Å². The first kappa shape index (κ1) is 8.64. The zero-order chi connectivity index (χ0) is 9.14. The van der Waals surface area contributed by atoms with Crippen LogP contribution in [0.15, 0.2) is 41.0 Å². The topological polar surface area (TPSA) is 13.1 Å². The molecule has 0 fully saturated rings. The smallest absolute Gasteiger partial charge is 0.204 e. The van der Waals surface area contributed by atoms with Gasteiger partial charge < -0.3 is 4.42 Å². The second-order valence-electron chi connectivity index (χ2n) is 2.01. The van der Waals surface area contributed by atoms with E-state index in [9.17, 15) is 13.2 Å². The van der Waals surface area contributed by atoms with Crippen LogP contribution in [0.3, 0.4) is 0 Å². The van der Waals surface area contributed by atoms with Gasteiger partial charge in [-0.1, -0.05) is 6.58 Å². The minimum absolute atomic E-state index is 0.355. The lowest BCUT2D eigenvalue weighted by Crippen LogP contribution is -1.79. The number of rotatable bonds is 2. The normalized spacial score (nSPS) is 12.6. The molecule has 0 saturated heterocycles. The van der Waals surface area contributed by atoms with E-state index in [0.717, 1.165) is 6.26 Å². The first-order valence-electron chi connectivity index (χ1n) is 3.07. The number of halogens is 3. The van der Waals surface area contributed by atoms with Crippen LogP contribution < -0.4 is 0 Å². The molecular weight excluding hydrogens is 169 g/mol. The Morgan fingerprint density at radius 1 is 1.33 bits per heavy atom. The van der Waals surface area contributed by atoms with Crippen molar-refractivity contribution in [1.29, 1.82) is 0 Å². The number of furan rings is 1. The summed E-state index contributed by atoms with van der Waals surface area (Å²) in [7, 11) is 0. The second-order valence-corrected chi connectivity index (χ2v) is 2.01. The van der Waals surface area contributed by atoms with Crippen LogP contribution in [0.5, 0.6) is 0 Å². The van der Waals surface area contributed by atoms with Gasteiger partial charge in [0.25, 0.3) is 0 Å². The largest absolute Gasteiger partial charge is 0.462 e. The van der Waals surface area contributed by atoms with Gasteiger partial charge >= 0.3 is 0 Å². The third-order valence-electron chi connectivity index (χ3n) is 1.17. The van der Waals surface area contributed by atoms with Gasteiger partial charge in [0.15, 0.2) is 17.4 Å². The molecule has 1 aromatic heterocycles. The minimum atomic E-state index is -1.63. The van der Waals surface area contributed by atoms with E-state index < -0.39 is 17.5 Å². The lowest BCUT2D eigenvalue weighted by Gasteiger charge is -1.93. The quantitative estimate of drug-likeness (QED) is 0.626. The Hall–Kier alpha value is -1.45. The van der Waals surface area contributed by atoms with Crippen molar-refractivity contribution >= 4 is 5.83 Å². The Balaban J connectivity index is 3.05. The average molecular weight is 174 g/mol. The van der Waals surface area contributed by atoms with Crippen LogP contribution >= 0.6 is 0 Å². The van der Waals surface area contributed by atoms with Crippen LogP contribution in [0.4, 0.5) is 13.2 Å². The molecule has 0 aliphatic heterocycles. The molecule has 0 spiro atoms. The Morgan fingerprint density at radius 2 is 2.00 bits per heavy atom. The molecule has 0 amide bonds. The fourth-order valence-electron chi connectivity index (χ4n) is 0.631. The monoisotopic (exact) mass is 174 g/mol. The third kappa shape index (κ3) is 1.58. The Bertz CT molecular complexity index is 311. The summed E-state index contributed by atoms with van der Waals surface area (Å²) in [6, 6.07) is 2.54. The first-order chi connectivity index (χ1) is 5.63. The average Bonchev–Trinajstić information content (AvgIpc) is 2.53. The first-order valence-corrected chi connectivity index (χ1v) is 3.07. The van der Waals surface area contributed by atoms with Crippen LogP contribution in [0.1, 0.15) is 5.76 Å². The molecule has 12 heavy (non-hydrogen) atoms. The fourth-order valence-corrected chi connectivity index (χ4v) is 0.631. The number of hydrogen-bond acceptors (Lipinski definition) is 1. The minimum Gasteiger partial charge on any atom is -0.462 e. The van der Waals surface area contributed by atoms with E-state index in [-0.39, 0.29) is 5.76 Å². The van der Waals surface area contributed by atoms with Gasteiger partial charge in [-0.05, 0) is 12.1 Å². The highest BCUT2D eigenvalue weighted by Crippen LogP contribution is 2.25. The van der Waals surface area contributed by atoms with Crippen LogP contribution in [-0.2, 0) is 0 Å². The summed E-state index contributed by atoms with van der Waals surface area (Å²) in [6.45, 7) is 2.60. The molecular formula is C8H5F3O. The van der Waals surface area contributed by atoms with Crippen molar-refractivity contribution in [3.8, 4) is 0 Å². The molecule has 0 saturated carbocycles. The predicted octanol–water partition coefficient (Wildman–Crippen LogP) is 3.37. The van der Waals surface area contributed by atoms with Gasteiger partial charge in [0.1, 0.15) is 0 Å². The molecule has 0 bridgehead atoms. The van der Waals surface area contributed by atoms with E-state index in [4.69, 9.17) is 0 Å². The maximum absolute atomic E-state index is 12.7. The zero-order valence-corrected chi connectivity index (χ0v) is 5.98. The highest BCUT2D eigenvalue weighted by Gasteiger charge is 2.13. The molecule has 1 aromatic rings. The van der Waals surface area contributed by atoms with Crippen molar-refractivity contribution in [2.45, 2.75) is 0 Å². The lowest BCUT2D eigenvalue weighted by molar-refractivity contribution is 0.500. The molecule has 4 heteroatoms. The van der Waals surface area contributed by atoms with Crippen molar-refractivity contribution in [2.75, 3.05) is 0 Å². The lowest BCUT2D eigenvalue weighted by atomic mass is 10.3. The Kier molecular flexibility index (Phi) is 2.38. The summed E-state index contributed by atoms with van der Waals surface area (Å²) in [5, 5.41) is 0. The van der Waals surface area contributed by atoms with Crippen molar-refractivity contribution in [3.05, 3.63) is 42.4 Å². The standard InChI is InChI=1S/C8H5F3O/c1-5(9)7(10)8(11)6-3-2-4-12-6/h2-4H,1H2. The molecule has 64 valence electrons. The molecule has 0 aliphatic carbocycles. The van der Waals surface area contributed by atoms with Gasteiger partial charge in [-0.2, -0.15) is 4.39 Å². The van der Waals surface area contributed by atoms with Crippen molar-refractivity contribution < 1.29 is 17.6 Å². The van der Waals surface area contributed by atoms with Crippen LogP contribution in [0.25, 0.3) is 5.83 Å². The molecule has 1 heterocycles. The van der Waals surface area contributed by atoms with E-state index >= 15 is 0 Å². The van der Waals surface area contributed by atoms with Crippen molar-refractivity contribution in [3.63, 3.8) is 0 Å². The summed E-state index contributed by atoms with van der Waals surface area (Å²) in [6.07, 6.45) is 1.16. The SMILES string of the molecule is C=C(F)C(F)=C(F)c1ccco1. The van der Waals surface area contributed by atoms with E-state index in [1.165, 1.54) is 12.1 Å². The van der Waals surface area contributed by atoms with Crippen LogP contribution in [0.2, 0.25) is 0 Å². The van der Waals surface area contributed by atoms with Gasteiger partial charge in [0, 0.05) is 0 Å². The summed E-state index contributed by atoms with van der Waals surface area (Å²) in [5.74, 6) is -4.83. The van der Waals surface area contributed by atoms with Crippen LogP contribution in [-0.4, -0.2) is 0 Å². The third-order valence-corrected chi connectivity index (χ3v) is 1.17. The number of allylic oxidation sites excluding steroid dienone is 2. The molecule has 0 aliphatic rings. The molecule has 0 unspecified atom stereocenters. The Labute approximate surface area is 66.8 Å².